The molecule has 2 aliphatic heterocycles. The van der Waals surface area contributed by atoms with Gasteiger partial charge in [-0.25, -0.2) is 0 Å². The van der Waals surface area contributed by atoms with Crippen LogP contribution in [0.4, 0.5) is 11.8 Å². The minimum Gasteiger partial charge on any atom is -0.356 e. The largest absolute Gasteiger partial charge is 0.356 e. The van der Waals surface area contributed by atoms with E-state index in [2.05, 4.69) is 16.3 Å². The van der Waals surface area contributed by atoms with E-state index in [1.54, 1.807) is 25.1 Å². The molecule has 1 aromatic carbocycles. The van der Waals surface area contributed by atoms with Crippen LogP contribution < -0.4 is 15.1 Å². The SMILES string of the molecule is CN1C(=O)c2c(nc(N3CCNCC3)n2Cc2cccc(C#N)c2)N(C)C1O. The number of nitrogens with zero attached hydrogens (tertiary/aromatic N) is 6. The number of nitriles is 1. The van der Waals surface area contributed by atoms with Crippen LogP contribution in [0.3, 0.4) is 0 Å². The first-order valence-corrected chi connectivity index (χ1v) is 9.24. The fraction of sp³-hybridized carbons (Fsp3) is 0.421. The second-order valence-electron chi connectivity index (χ2n) is 7.09. The number of imidazole rings is 1. The Morgan fingerprint density at radius 2 is 2.04 bits per heavy atom. The zero-order chi connectivity index (χ0) is 19.8. The average Bonchev–Trinajstić information content (AvgIpc) is 3.10. The molecule has 1 amide bonds. The maximum absolute atomic E-state index is 13.0. The van der Waals surface area contributed by atoms with Crippen molar-refractivity contribution in [3.8, 4) is 6.07 Å². The van der Waals surface area contributed by atoms with Gasteiger partial charge in [-0.15, -0.1) is 0 Å². The highest BCUT2D eigenvalue weighted by molar-refractivity contribution is 6.00. The molecule has 1 aromatic heterocycles. The van der Waals surface area contributed by atoms with Crippen molar-refractivity contribution in [1.82, 2.24) is 19.8 Å². The van der Waals surface area contributed by atoms with Crippen molar-refractivity contribution in [3.05, 3.63) is 41.1 Å². The van der Waals surface area contributed by atoms with Gasteiger partial charge in [0.1, 0.15) is 0 Å². The van der Waals surface area contributed by atoms with Crippen LogP contribution in [0, 0.1) is 11.3 Å². The highest BCUT2D eigenvalue weighted by atomic mass is 16.3. The van der Waals surface area contributed by atoms with Crippen LogP contribution in [0.2, 0.25) is 0 Å². The van der Waals surface area contributed by atoms with E-state index in [1.807, 2.05) is 22.8 Å². The maximum Gasteiger partial charge on any atom is 0.277 e. The van der Waals surface area contributed by atoms with Crippen LogP contribution in [0.5, 0.6) is 0 Å². The first-order valence-electron chi connectivity index (χ1n) is 9.24. The predicted molar refractivity (Wildman–Crippen MR) is 104 cm³/mol. The van der Waals surface area contributed by atoms with E-state index in [0.29, 0.717) is 29.6 Å². The smallest absolute Gasteiger partial charge is 0.277 e. The van der Waals surface area contributed by atoms with Crippen molar-refractivity contribution in [3.63, 3.8) is 0 Å². The number of fused-ring (bicyclic) bond motifs is 1. The lowest BCUT2D eigenvalue weighted by Crippen LogP contribution is -2.52. The van der Waals surface area contributed by atoms with Crippen LogP contribution in [0.1, 0.15) is 21.6 Å². The molecule has 0 bridgehead atoms. The highest BCUT2D eigenvalue weighted by Gasteiger charge is 2.38. The van der Waals surface area contributed by atoms with Crippen molar-refractivity contribution in [2.75, 3.05) is 50.1 Å². The Balaban J connectivity index is 1.83. The third-order valence-corrected chi connectivity index (χ3v) is 5.28. The summed E-state index contributed by atoms with van der Waals surface area (Å²) < 4.78 is 1.90. The van der Waals surface area contributed by atoms with E-state index < -0.39 is 6.35 Å². The molecular formula is C19H23N7O2. The van der Waals surface area contributed by atoms with E-state index in [4.69, 9.17) is 4.98 Å². The first kappa shape index (κ1) is 18.3. The maximum atomic E-state index is 13.0. The second-order valence-corrected chi connectivity index (χ2v) is 7.09. The molecule has 4 rings (SSSR count). The highest BCUT2D eigenvalue weighted by Crippen LogP contribution is 2.33. The normalized spacial score (nSPS) is 19.6. The third-order valence-electron chi connectivity index (χ3n) is 5.28. The van der Waals surface area contributed by atoms with E-state index >= 15 is 0 Å². The zero-order valence-electron chi connectivity index (χ0n) is 16.0. The third kappa shape index (κ3) is 2.96. The summed E-state index contributed by atoms with van der Waals surface area (Å²) in [6, 6.07) is 9.51. The number of hydrogen-bond acceptors (Lipinski definition) is 7. The Hall–Kier alpha value is -3.09. The summed E-state index contributed by atoms with van der Waals surface area (Å²) in [5.74, 6) is 0.906. The van der Waals surface area contributed by atoms with Gasteiger partial charge in [0.2, 0.25) is 12.3 Å². The molecule has 146 valence electrons. The number of anilines is 2. The van der Waals surface area contributed by atoms with E-state index in [0.717, 1.165) is 31.7 Å². The minimum atomic E-state index is -1.05. The number of carbonyl (C=O) groups excluding carboxylic acids is 1. The van der Waals surface area contributed by atoms with Crippen LogP contribution in [-0.2, 0) is 6.54 Å². The van der Waals surface area contributed by atoms with Crippen molar-refractivity contribution < 1.29 is 9.90 Å². The fourth-order valence-corrected chi connectivity index (χ4v) is 3.70. The van der Waals surface area contributed by atoms with Gasteiger partial charge in [-0.05, 0) is 17.7 Å². The summed E-state index contributed by atoms with van der Waals surface area (Å²) >= 11 is 0. The van der Waals surface area contributed by atoms with Gasteiger partial charge in [0.25, 0.3) is 5.91 Å². The summed E-state index contributed by atoms with van der Waals surface area (Å²) in [6.45, 7) is 3.66. The Bertz CT molecular complexity index is 942. The number of aromatic nitrogens is 2. The quantitative estimate of drug-likeness (QED) is 0.772. The number of rotatable bonds is 3. The standard InChI is InChI=1S/C19H23N7O2/c1-23-16-15(17(27)24(2)19(23)28)26(12-14-5-3-4-13(10-14)11-20)18(22-16)25-8-6-21-7-9-25/h3-5,10,19,21,28H,6-9,12H2,1-2H3. The van der Waals surface area contributed by atoms with E-state index in [-0.39, 0.29) is 5.91 Å². The molecule has 0 radical (unpaired) electrons. The van der Waals surface area contributed by atoms with Gasteiger partial charge in [0, 0.05) is 40.3 Å². The Labute approximate surface area is 163 Å². The van der Waals surface area contributed by atoms with Gasteiger partial charge in [-0.3, -0.25) is 14.3 Å². The van der Waals surface area contributed by atoms with Crippen molar-refractivity contribution in [1.29, 1.82) is 5.26 Å². The number of amides is 1. The van der Waals surface area contributed by atoms with Crippen molar-refractivity contribution in [2.45, 2.75) is 12.9 Å². The fourth-order valence-electron chi connectivity index (χ4n) is 3.70. The van der Waals surface area contributed by atoms with Gasteiger partial charge in [-0.2, -0.15) is 10.2 Å². The topological polar surface area (TPSA) is 101 Å². The van der Waals surface area contributed by atoms with Crippen molar-refractivity contribution >= 4 is 17.7 Å². The Morgan fingerprint density at radius 3 is 2.75 bits per heavy atom. The molecule has 9 nitrogen and oxygen atoms in total. The summed E-state index contributed by atoms with van der Waals surface area (Å²) in [6.07, 6.45) is -1.05. The van der Waals surface area contributed by atoms with E-state index in [9.17, 15) is 15.2 Å². The lowest BCUT2D eigenvalue weighted by Gasteiger charge is -2.36. The average molecular weight is 381 g/mol. The molecule has 1 saturated heterocycles. The van der Waals surface area contributed by atoms with Gasteiger partial charge < -0.3 is 20.2 Å². The van der Waals surface area contributed by atoms with Gasteiger partial charge in [0.15, 0.2) is 11.5 Å². The van der Waals surface area contributed by atoms with Gasteiger partial charge >= 0.3 is 0 Å². The minimum absolute atomic E-state index is 0.272. The zero-order valence-corrected chi connectivity index (χ0v) is 16.0. The lowest BCUT2D eigenvalue weighted by molar-refractivity contribution is 0.0152. The number of hydrogen-bond donors (Lipinski definition) is 2. The molecule has 2 N–H and O–H groups in total. The number of carbonyl (C=O) groups is 1. The predicted octanol–water partition coefficient (Wildman–Crippen LogP) is 0.0104. The molecule has 3 heterocycles. The summed E-state index contributed by atoms with van der Waals surface area (Å²) in [7, 11) is 3.30. The molecule has 0 saturated carbocycles. The molecule has 2 aromatic rings. The Morgan fingerprint density at radius 1 is 1.29 bits per heavy atom. The number of piperazine rings is 1. The molecular weight excluding hydrogens is 358 g/mol. The molecule has 1 fully saturated rings. The van der Waals surface area contributed by atoms with Crippen LogP contribution in [0.15, 0.2) is 24.3 Å². The molecule has 0 spiro atoms. The Kier molecular flexibility index (Phi) is 4.66. The van der Waals surface area contributed by atoms with Crippen LogP contribution in [-0.4, -0.2) is 72.1 Å². The number of nitrogens with one attached hydrogen (secondary N) is 1. The molecule has 0 aliphatic carbocycles. The number of aliphatic hydroxyl groups is 1. The monoisotopic (exact) mass is 381 g/mol. The number of benzene rings is 1. The van der Waals surface area contributed by atoms with Crippen molar-refractivity contribution in [2.24, 2.45) is 0 Å². The molecule has 28 heavy (non-hydrogen) atoms. The summed E-state index contributed by atoms with van der Waals surface area (Å²) in [5.41, 5.74) is 1.94. The van der Waals surface area contributed by atoms with E-state index in [1.165, 1.54) is 4.90 Å². The molecule has 1 atom stereocenters. The van der Waals surface area contributed by atoms with Crippen LogP contribution in [0.25, 0.3) is 0 Å². The lowest BCUT2D eigenvalue weighted by atomic mass is 10.1. The summed E-state index contributed by atoms with van der Waals surface area (Å²) in [5, 5.41) is 22.9. The molecule has 9 heteroatoms. The number of aliphatic hydroxyl groups excluding tert-OH is 1. The van der Waals surface area contributed by atoms with Gasteiger partial charge in [0.05, 0.1) is 18.2 Å². The van der Waals surface area contributed by atoms with Crippen LogP contribution >= 0.6 is 0 Å². The first-order chi connectivity index (χ1) is 13.5. The molecule has 1 unspecified atom stereocenters. The second kappa shape index (κ2) is 7.14. The summed E-state index contributed by atoms with van der Waals surface area (Å²) in [4.78, 5) is 22.8. The molecule has 2 aliphatic rings. The van der Waals surface area contributed by atoms with Gasteiger partial charge in [-0.1, -0.05) is 12.1 Å².